The van der Waals surface area contributed by atoms with Gasteiger partial charge < -0.3 is 5.32 Å². The topological polar surface area (TPSA) is 29.9 Å². The molecule has 0 aliphatic carbocycles. The van der Waals surface area contributed by atoms with Crippen LogP contribution in [-0.2, 0) is 6.42 Å². The average molecular weight is 316 g/mol. The Kier molecular flexibility index (Phi) is 3.01. The van der Waals surface area contributed by atoms with Crippen LogP contribution in [0, 0.1) is 6.92 Å². The Morgan fingerprint density at radius 1 is 1.33 bits per heavy atom. The van der Waals surface area contributed by atoms with Crippen LogP contribution in [0.2, 0.25) is 5.02 Å². The van der Waals surface area contributed by atoms with Gasteiger partial charge in [0, 0.05) is 17.1 Å². The largest absolute Gasteiger partial charge is 0.369 e. The van der Waals surface area contributed by atoms with E-state index in [1.807, 2.05) is 22.9 Å². The van der Waals surface area contributed by atoms with E-state index in [9.17, 15) is 0 Å². The highest BCUT2D eigenvalue weighted by Gasteiger charge is 2.24. The first-order chi connectivity index (χ1) is 10.2. The maximum atomic E-state index is 6.06. The zero-order chi connectivity index (χ0) is 14.4. The standard InChI is InChI=1S/C16H14ClN3S/c1-10-9-11(17)4-5-13(10)20-16-12(6-7-18-16)15(19-20)14-3-2-8-21-14/h2-5,8-9,18H,6-7H2,1H3. The Balaban J connectivity index is 1.92. The molecule has 1 aliphatic rings. The molecule has 106 valence electrons. The third-order valence-corrected chi connectivity index (χ3v) is 4.90. The van der Waals surface area contributed by atoms with Gasteiger partial charge in [0.25, 0.3) is 0 Å². The maximum absolute atomic E-state index is 6.06. The first kappa shape index (κ1) is 12.9. The minimum Gasteiger partial charge on any atom is -0.369 e. The summed E-state index contributed by atoms with van der Waals surface area (Å²) in [4.78, 5) is 1.22. The first-order valence-electron chi connectivity index (χ1n) is 6.90. The molecule has 0 saturated carbocycles. The predicted octanol–water partition coefficient (Wildman–Crippen LogP) is 4.53. The smallest absolute Gasteiger partial charge is 0.133 e. The number of benzene rings is 1. The van der Waals surface area contributed by atoms with Crippen LogP contribution in [0.3, 0.4) is 0 Å². The average Bonchev–Trinajstić information content (AvgIpc) is 3.15. The van der Waals surface area contributed by atoms with Gasteiger partial charge in [0.2, 0.25) is 0 Å². The van der Waals surface area contributed by atoms with Crippen molar-refractivity contribution in [2.45, 2.75) is 13.3 Å². The molecule has 3 heterocycles. The lowest BCUT2D eigenvalue weighted by Crippen LogP contribution is -2.05. The number of hydrogen-bond acceptors (Lipinski definition) is 3. The van der Waals surface area contributed by atoms with Gasteiger partial charge in [0.05, 0.1) is 10.6 Å². The lowest BCUT2D eigenvalue weighted by atomic mass is 10.2. The summed E-state index contributed by atoms with van der Waals surface area (Å²) in [5.74, 6) is 1.11. The number of rotatable bonds is 2. The predicted molar refractivity (Wildman–Crippen MR) is 88.8 cm³/mol. The van der Waals surface area contributed by atoms with Crippen LogP contribution in [0.5, 0.6) is 0 Å². The fourth-order valence-electron chi connectivity index (χ4n) is 2.82. The van der Waals surface area contributed by atoms with Gasteiger partial charge >= 0.3 is 0 Å². The molecule has 2 aromatic heterocycles. The second kappa shape index (κ2) is 4.90. The summed E-state index contributed by atoms with van der Waals surface area (Å²) in [5, 5.41) is 11.2. The molecule has 3 nitrogen and oxygen atoms in total. The van der Waals surface area contributed by atoms with E-state index >= 15 is 0 Å². The zero-order valence-corrected chi connectivity index (χ0v) is 13.1. The molecule has 0 spiro atoms. The molecule has 0 amide bonds. The summed E-state index contributed by atoms with van der Waals surface area (Å²) >= 11 is 7.80. The summed E-state index contributed by atoms with van der Waals surface area (Å²) in [6.45, 7) is 3.03. The highest BCUT2D eigenvalue weighted by molar-refractivity contribution is 7.13. The third-order valence-electron chi connectivity index (χ3n) is 3.79. The molecule has 3 aromatic rings. The Hall–Kier alpha value is -1.78. The van der Waals surface area contributed by atoms with Crippen LogP contribution in [-0.4, -0.2) is 16.3 Å². The SMILES string of the molecule is Cc1cc(Cl)ccc1-n1nc(-c2cccs2)c2c1NCC2. The molecule has 1 aromatic carbocycles. The van der Waals surface area contributed by atoms with Crippen molar-refractivity contribution in [2.24, 2.45) is 0 Å². The number of thiophene rings is 1. The lowest BCUT2D eigenvalue weighted by molar-refractivity contribution is 0.876. The van der Waals surface area contributed by atoms with Crippen LogP contribution < -0.4 is 5.32 Å². The number of anilines is 1. The van der Waals surface area contributed by atoms with Gasteiger partial charge in [-0.25, -0.2) is 4.68 Å². The fraction of sp³-hybridized carbons (Fsp3) is 0.188. The van der Waals surface area contributed by atoms with E-state index < -0.39 is 0 Å². The summed E-state index contributed by atoms with van der Waals surface area (Å²) in [6, 6.07) is 10.1. The van der Waals surface area contributed by atoms with Gasteiger partial charge in [0.1, 0.15) is 11.5 Å². The van der Waals surface area contributed by atoms with Crippen LogP contribution in [0.1, 0.15) is 11.1 Å². The monoisotopic (exact) mass is 315 g/mol. The number of aromatic nitrogens is 2. The number of nitrogens with one attached hydrogen (secondary N) is 1. The minimum absolute atomic E-state index is 0.756. The van der Waals surface area contributed by atoms with Crippen LogP contribution in [0.25, 0.3) is 16.3 Å². The second-order valence-corrected chi connectivity index (χ2v) is 6.56. The van der Waals surface area contributed by atoms with E-state index in [0.717, 1.165) is 40.8 Å². The van der Waals surface area contributed by atoms with E-state index in [1.165, 1.54) is 10.4 Å². The van der Waals surface area contributed by atoms with Crippen molar-refractivity contribution in [1.29, 1.82) is 0 Å². The molecule has 0 unspecified atom stereocenters. The van der Waals surface area contributed by atoms with Crippen molar-refractivity contribution >= 4 is 28.8 Å². The maximum Gasteiger partial charge on any atom is 0.133 e. The first-order valence-corrected chi connectivity index (χ1v) is 8.16. The van der Waals surface area contributed by atoms with Crippen molar-refractivity contribution in [3.8, 4) is 16.3 Å². The van der Waals surface area contributed by atoms with Gasteiger partial charge in [0.15, 0.2) is 0 Å². The Morgan fingerprint density at radius 2 is 2.24 bits per heavy atom. The Bertz CT molecular complexity index is 805. The van der Waals surface area contributed by atoms with Gasteiger partial charge in [-0.3, -0.25) is 0 Å². The molecule has 0 fully saturated rings. The Labute approximate surface area is 132 Å². The quantitative estimate of drug-likeness (QED) is 0.753. The molecule has 21 heavy (non-hydrogen) atoms. The van der Waals surface area contributed by atoms with E-state index in [2.05, 4.69) is 29.8 Å². The van der Waals surface area contributed by atoms with Crippen LogP contribution >= 0.6 is 22.9 Å². The molecule has 1 aliphatic heterocycles. The number of halogens is 1. The molecular weight excluding hydrogens is 302 g/mol. The van der Waals surface area contributed by atoms with Crippen molar-refractivity contribution in [2.75, 3.05) is 11.9 Å². The summed E-state index contributed by atoms with van der Waals surface area (Å²) in [7, 11) is 0. The highest BCUT2D eigenvalue weighted by atomic mass is 35.5. The molecule has 1 N–H and O–H groups in total. The summed E-state index contributed by atoms with van der Waals surface area (Å²) < 4.78 is 2.02. The lowest BCUT2D eigenvalue weighted by Gasteiger charge is -2.09. The van der Waals surface area contributed by atoms with Gasteiger partial charge in [-0.05, 0) is 48.6 Å². The van der Waals surface area contributed by atoms with Crippen LogP contribution in [0.4, 0.5) is 5.82 Å². The summed E-state index contributed by atoms with van der Waals surface area (Å²) in [6.07, 6.45) is 1.02. The molecule has 0 bridgehead atoms. The fourth-order valence-corrected chi connectivity index (χ4v) is 3.78. The molecule has 0 atom stereocenters. The van der Waals surface area contributed by atoms with E-state index in [4.69, 9.17) is 16.7 Å². The van der Waals surface area contributed by atoms with E-state index in [0.29, 0.717) is 0 Å². The van der Waals surface area contributed by atoms with Crippen molar-refractivity contribution in [3.63, 3.8) is 0 Å². The van der Waals surface area contributed by atoms with E-state index in [1.54, 1.807) is 11.3 Å². The molecular formula is C16H14ClN3S. The molecule has 4 rings (SSSR count). The minimum atomic E-state index is 0.756. The van der Waals surface area contributed by atoms with E-state index in [-0.39, 0.29) is 0 Å². The number of hydrogen-bond donors (Lipinski definition) is 1. The highest BCUT2D eigenvalue weighted by Crippen LogP contribution is 2.37. The molecule has 5 heteroatoms. The second-order valence-electron chi connectivity index (χ2n) is 5.17. The third kappa shape index (κ3) is 2.06. The van der Waals surface area contributed by atoms with Crippen molar-refractivity contribution in [3.05, 3.63) is 51.9 Å². The normalized spacial score (nSPS) is 13.2. The number of nitrogens with zero attached hydrogens (tertiary/aromatic N) is 2. The molecule has 0 radical (unpaired) electrons. The van der Waals surface area contributed by atoms with Crippen molar-refractivity contribution in [1.82, 2.24) is 9.78 Å². The number of fused-ring (bicyclic) bond motifs is 1. The zero-order valence-electron chi connectivity index (χ0n) is 11.6. The Morgan fingerprint density at radius 3 is 3.00 bits per heavy atom. The number of aryl methyl sites for hydroxylation is 1. The van der Waals surface area contributed by atoms with Gasteiger partial charge in [-0.15, -0.1) is 11.3 Å². The van der Waals surface area contributed by atoms with Crippen molar-refractivity contribution < 1.29 is 0 Å². The summed E-state index contributed by atoms with van der Waals surface area (Å²) in [5.41, 5.74) is 4.61. The van der Waals surface area contributed by atoms with Gasteiger partial charge in [-0.1, -0.05) is 17.7 Å². The van der Waals surface area contributed by atoms with Gasteiger partial charge in [-0.2, -0.15) is 5.10 Å². The molecule has 0 saturated heterocycles. The van der Waals surface area contributed by atoms with Crippen LogP contribution in [0.15, 0.2) is 35.7 Å².